The molecule has 0 aliphatic heterocycles. The quantitative estimate of drug-likeness (QED) is 0.594. The van der Waals surface area contributed by atoms with Crippen molar-refractivity contribution in [3.05, 3.63) is 12.2 Å². The summed E-state index contributed by atoms with van der Waals surface area (Å²) < 4.78 is 0. The molecule has 0 aromatic rings. The molecule has 0 radical (unpaired) electrons. The van der Waals surface area contributed by atoms with Crippen LogP contribution in [0.2, 0.25) is 0 Å². The van der Waals surface area contributed by atoms with E-state index in [1.807, 2.05) is 0 Å². The van der Waals surface area contributed by atoms with Crippen molar-refractivity contribution in [2.24, 2.45) is 17.6 Å². The summed E-state index contributed by atoms with van der Waals surface area (Å²) in [5, 5.41) is 0. The van der Waals surface area contributed by atoms with Gasteiger partial charge in [0.2, 0.25) is 0 Å². The molecule has 0 spiro atoms. The Kier molecular flexibility index (Phi) is 2.94. The van der Waals surface area contributed by atoms with Gasteiger partial charge in [0.05, 0.1) is 0 Å². The third kappa shape index (κ3) is 1.60. The van der Waals surface area contributed by atoms with Gasteiger partial charge in [-0.3, -0.25) is 0 Å². The first-order chi connectivity index (χ1) is 4.88. The SMILES string of the molecule is CCC(CN)C1CC=CC1. The zero-order valence-electron chi connectivity index (χ0n) is 6.72. The van der Waals surface area contributed by atoms with Gasteiger partial charge in [0.1, 0.15) is 0 Å². The van der Waals surface area contributed by atoms with E-state index in [0.717, 1.165) is 18.4 Å². The fourth-order valence-corrected chi connectivity index (χ4v) is 1.72. The summed E-state index contributed by atoms with van der Waals surface area (Å²) in [7, 11) is 0. The summed E-state index contributed by atoms with van der Waals surface area (Å²) in [6.07, 6.45) is 8.32. The molecule has 1 unspecified atom stereocenters. The Bertz CT molecular complexity index is 106. The lowest BCUT2D eigenvalue weighted by atomic mass is 9.88. The van der Waals surface area contributed by atoms with E-state index < -0.39 is 0 Å². The van der Waals surface area contributed by atoms with Gasteiger partial charge in [-0.1, -0.05) is 25.5 Å². The Labute approximate surface area is 63.3 Å². The molecule has 0 aromatic heterocycles. The van der Waals surface area contributed by atoms with Crippen molar-refractivity contribution in [2.75, 3.05) is 6.54 Å². The molecule has 1 heteroatoms. The van der Waals surface area contributed by atoms with Gasteiger partial charge >= 0.3 is 0 Å². The third-order valence-corrected chi connectivity index (χ3v) is 2.54. The zero-order chi connectivity index (χ0) is 7.40. The van der Waals surface area contributed by atoms with Crippen LogP contribution >= 0.6 is 0 Å². The molecule has 0 saturated carbocycles. The van der Waals surface area contributed by atoms with E-state index in [-0.39, 0.29) is 0 Å². The Morgan fingerprint density at radius 2 is 2.10 bits per heavy atom. The highest BCUT2D eigenvalue weighted by Crippen LogP contribution is 2.27. The van der Waals surface area contributed by atoms with E-state index in [0.29, 0.717) is 0 Å². The molecule has 1 aliphatic rings. The van der Waals surface area contributed by atoms with Crippen LogP contribution in [0.5, 0.6) is 0 Å². The first kappa shape index (κ1) is 7.80. The molecule has 58 valence electrons. The van der Waals surface area contributed by atoms with Gasteiger partial charge in [-0.15, -0.1) is 0 Å². The normalized spacial score (nSPS) is 21.8. The number of nitrogens with two attached hydrogens (primary N) is 1. The van der Waals surface area contributed by atoms with Crippen molar-refractivity contribution in [3.63, 3.8) is 0 Å². The average Bonchev–Trinajstić information content (AvgIpc) is 2.43. The predicted octanol–water partition coefficient (Wildman–Crippen LogP) is 1.94. The minimum Gasteiger partial charge on any atom is -0.330 e. The van der Waals surface area contributed by atoms with Crippen LogP contribution in [0.15, 0.2) is 12.2 Å². The van der Waals surface area contributed by atoms with Gasteiger partial charge in [0.15, 0.2) is 0 Å². The number of allylic oxidation sites excluding steroid dienone is 2. The van der Waals surface area contributed by atoms with E-state index in [1.165, 1.54) is 19.3 Å². The van der Waals surface area contributed by atoms with E-state index in [4.69, 9.17) is 5.73 Å². The van der Waals surface area contributed by atoms with E-state index >= 15 is 0 Å². The Balaban J connectivity index is 2.31. The molecule has 1 aliphatic carbocycles. The molecule has 0 heterocycles. The highest BCUT2D eigenvalue weighted by atomic mass is 14.6. The van der Waals surface area contributed by atoms with Crippen LogP contribution in [0.1, 0.15) is 26.2 Å². The molecule has 1 atom stereocenters. The van der Waals surface area contributed by atoms with Gasteiger partial charge in [-0.25, -0.2) is 0 Å². The lowest BCUT2D eigenvalue weighted by molar-refractivity contribution is 0.347. The molecule has 10 heavy (non-hydrogen) atoms. The second-order valence-corrected chi connectivity index (χ2v) is 3.11. The second-order valence-electron chi connectivity index (χ2n) is 3.11. The summed E-state index contributed by atoms with van der Waals surface area (Å²) in [5.41, 5.74) is 5.64. The minimum atomic E-state index is 0.759. The summed E-state index contributed by atoms with van der Waals surface area (Å²) in [6, 6.07) is 0. The Morgan fingerprint density at radius 1 is 1.50 bits per heavy atom. The van der Waals surface area contributed by atoms with Crippen LogP contribution in [0, 0.1) is 11.8 Å². The van der Waals surface area contributed by atoms with Gasteiger partial charge in [0.25, 0.3) is 0 Å². The van der Waals surface area contributed by atoms with Crippen LogP contribution < -0.4 is 5.73 Å². The predicted molar refractivity (Wildman–Crippen MR) is 44.7 cm³/mol. The Hall–Kier alpha value is -0.300. The van der Waals surface area contributed by atoms with Crippen molar-refractivity contribution in [1.29, 1.82) is 0 Å². The van der Waals surface area contributed by atoms with Crippen molar-refractivity contribution >= 4 is 0 Å². The minimum absolute atomic E-state index is 0.759. The van der Waals surface area contributed by atoms with Crippen molar-refractivity contribution in [3.8, 4) is 0 Å². The van der Waals surface area contributed by atoms with E-state index in [1.54, 1.807) is 0 Å². The number of hydrogen-bond donors (Lipinski definition) is 1. The van der Waals surface area contributed by atoms with Crippen molar-refractivity contribution < 1.29 is 0 Å². The summed E-state index contributed by atoms with van der Waals surface area (Å²) in [6.45, 7) is 3.10. The highest BCUT2D eigenvalue weighted by Gasteiger charge is 2.18. The summed E-state index contributed by atoms with van der Waals surface area (Å²) in [5.74, 6) is 1.62. The number of rotatable bonds is 3. The van der Waals surface area contributed by atoms with Gasteiger partial charge < -0.3 is 5.73 Å². The standard InChI is InChI=1S/C9H17N/c1-2-8(7-10)9-5-3-4-6-9/h3-4,8-9H,2,5-7,10H2,1H3. The summed E-state index contributed by atoms with van der Waals surface area (Å²) in [4.78, 5) is 0. The maximum atomic E-state index is 5.64. The number of hydrogen-bond acceptors (Lipinski definition) is 1. The topological polar surface area (TPSA) is 26.0 Å². The molecular weight excluding hydrogens is 122 g/mol. The maximum Gasteiger partial charge on any atom is -0.00461 e. The van der Waals surface area contributed by atoms with E-state index in [2.05, 4.69) is 19.1 Å². The molecule has 1 rings (SSSR count). The van der Waals surface area contributed by atoms with Gasteiger partial charge in [-0.2, -0.15) is 0 Å². The molecule has 0 saturated heterocycles. The third-order valence-electron chi connectivity index (χ3n) is 2.54. The van der Waals surface area contributed by atoms with Crippen molar-refractivity contribution in [2.45, 2.75) is 26.2 Å². The molecule has 0 amide bonds. The zero-order valence-corrected chi connectivity index (χ0v) is 6.72. The Morgan fingerprint density at radius 3 is 2.50 bits per heavy atom. The lowest BCUT2D eigenvalue weighted by Gasteiger charge is -2.19. The monoisotopic (exact) mass is 139 g/mol. The lowest BCUT2D eigenvalue weighted by Crippen LogP contribution is -2.20. The first-order valence-corrected chi connectivity index (χ1v) is 4.23. The molecule has 0 bridgehead atoms. The van der Waals surface area contributed by atoms with Crippen LogP contribution in [0.25, 0.3) is 0 Å². The largest absolute Gasteiger partial charge is 0.330 e. The van der Waals surface area contributed by atoms with Crippen LogP contribution in [-0.4, -0.2) is 6.54 Å². The molecule has 1 nitrogen and oxygen atoms in total. The fraction of sp³-hybridized carbons (Fsp3) is 0.778. The van der Waals surface area contributed by atoms with Gasteiger partial charge in [-0.05, 0) is 31.2 Å². The highest BCUT2D eigenvalue weighted by molar-refractivity contribution is 4.96. The maximum absolute atomic E-state index is 5.64. The average molecular weight is 139 g/mol. The van der Waals surface area contributed by atoms with Gasteiger partial charge in [0, 0.05) is 0 Å². The second kappa shape index (κ2) is 3.77. The van der Waals surface area contributed by atoms with E-state index in [9.17, 15) is 0 Å². The smallest absolute Gasteiger partial charge is 0.00461 e. The van der Waals surface area contributed by atoms with Crippen LogP contribution in [0.3, 0.4) is 0 Å². The molecule has 0 aromatic carbocycles. The van der Waals surface area contributed by atoms with Crippen molar-refractivity contribution in [1.82, 2.24) is 0 Å². The van der Waals surface area contributed by atoms with Crippen LogP contribution in [0.4, 0.5) is 0 Å². The fourth-order valence-electron chi connectivity index (χ4n) is 1.72. The molecular formula is C9H17N. The molecule has 2 N–H and O–H groups in total. The molecule has 0 fully saturated rings. The van der Waals surface area contributed by atoms with Crippen LogP contribution in [-0.2, 0) is 0 Å². The first-order valence-electron chi connectivity index (χ1n) is 4.23. The summed E-state index contributed by atoms with van der Waals surface area (Å²) >= 11 is 0.